The summed E-state index contributed by atoms with van der Waals surface area (Å²) >= 11 is 0. The summed E-state index contributed by atoms with van der Waals surface area (Å²) in [6.07, 6.45) is 11.8. The highest BCUT2D eigenvalue weighted by molar-refractivity contribution is 7.67. The average molecular weight is 323 g/mol. The molecule has 0 aliphatic heterocycles. The molecule has 4 heteroatoms. The first-order chi connectivity index (χ1) is 10.6. The molecule has 3 N–H and O–H groups in total. The van der Waals surface area contributed by atoms with Crippen LogP contribution < -0.4 is 11.0 Å². The van der Waals surface area contributed by atoms with Crippen LogP contribution in [-0.2, 0) is 4.57 Å². The average Bonchev–Trinajstić information content (AvgIpc) is 2.51. The quantitative estimate of drug-likeness (QED) is 0.785. The predicted octanol–water partition coefficient (Wildman–Crippen LogP) is 4.54. The highest BCUT2D eigenvalue weighted by Crippen LogP contribution is 2.55. The lowest BCUT2D eigenvalue weighted by atomic mass is 9.98. The van der Waals surface area contributed by atoms with Crippen LogP contribution in [0, 0.1) is 0 Å². The van der Waals surface area contributed by atoms with E-state index in [2.05, 4.69) is 0 Å². The molecule has 0 heterocycles. The zero-order valence-electron chi connectivity index (χ0n) is 13.5. The van der Waals surface area contributed by atoms with E-state index in [1.807, 2.05) is 18.2 Å². The highest BCUT2D eigenvalue weighted by atomic mass is 31.2. The van der Waals surface area contributed by atoms with Crippen LogP contribution in [0.2, 0.25) is 0 Å². The van der Waals surface area contributed by atoms with Gasteiger partial charge in [0.05, 0.1) is 5.28 Å². The van der Waals surface area contributed by atoms with Crippen LogP contribution >= 0.6 is 7.37 Å². The maximum Gasteiger partial charge on any atom is 0.248 e. The Labute approximate surface area is 134 Å². The smallest absolute Gasteiger partial charge is 0.248 e. The van der Waals surface area contributed by atoms with Gasteiger partial charge in [-0.1, -0.05) is 76.0 Å². The Kier molecular flexibility index (Phi) is 6.67. The minimum Gasteiger partial charge on any atom is -0.340 e. The molecule has 0 radical (unpaired) electrons. The van der Waals surface area contributed by atoms with E-state index >= 15 is 0 Å². The molecule has 1 fully saturated rings. The largest absolute Gasteiger partial charge is 0.340 e. The number of nitrogens with two attached hydrogens (primary N) is 1. The molecule has 1 saturated carbocycles. The Bertz CT molecular complexity index is 477. The van der Waals surface area contributed by atoms with Gasteiger partial charge in [-0.05, 0) is 25.0 Å². The first kappa shape index (κ1) is 17.7. The van der Waals surface area contributed by atoms with E-state index in [4.69, 9.17) is 5.73 Å². The fourth-order valence-corrected chi connectivity index (χ4v) is 5.43. The molecule has 1 aliphatic carbocycles. The zero-order valence-corrected chi connectivity index (χ0v) is 14.4. The van der Waals surface area contributed by atoms with Crippen LogP contribution in [0.15, 0.2) is 30.3 Å². The van der Waals surface area contributed by atoms with Crippen LogP contribution in [0.4, 0.5) is 0 Å². The molecule has 0 aromatic heterocycles. The Hall–Kier alpha value is -0.630. The van der Waals surface area contributed by atoms with Gasteiger partial charge in [0.25, 0.3) is 0 Å². The van der Waals surface area contributed by atoms with Gasteiger partial charge < -0.3 is 10.6 Å². The van der Waals surface area contributed by atoms with Crippen molar-refractivity contribution in [3.8, 4) is 0 Å². The summed E-state index contributed by atoms with van der Waals surface area (Å²) in [4.78, 5) is 10.8. The normalized spacial score (nSPS) is 23.7. The number of hydrogen-bond donors (Lipinski definition) is 2. The van der Waals surface area contributed by atoms with Crippen molar-refractivity contribution < 1.29 is 9.46 Å². The summed E-state index contributed by atoms with van der Waals surface area (Å²) in [5.74, 6) is 0. The van der Waals surface area contributed by atoms with Gasteiger partial charge in [-0.15, -0.1) is 0 Å². The molecule has 124 valence electrons. The predicted molar refractivity (Wildman–Crippen MR) is 93.6 cm³/mol. The van der Waals surface area contributed by atoms with Crippen LogP contribution in [0.1, 0.15) is 70.6 Å². The molecular weight excluding hydrogens is 293 g/mol. The highest BCUT2D eigenvalue weighted by Gasteiger charge is 2.44. The molecule has 1 aliphatic rings. The van der Waals surface area contributed by atoms with Crippen LogP contribution in [0.3, 0.4) is 0 Å². The van der Waals surface area contributed by atoms with Crippen LogP contribution in [-0.4, -0.2) is 10.2 Å². The SMILES string of the molecule is NC1(P(=O)(O)c2ccccc2)CCCCCCCCCCC1. The Morgan fingerprint density at radius 1 is 0.818 bits per heavy atom. The maximum absolute atomic E-state index is 13.1. The fourth-order valence-electron chi connectivity index (χ4n) is 3.41. The summed E-state index contributed by atoms with van der Waals surface area (Å²) in [5, 5.41) is -0.460. The zero-order chi connectivity index (χ0) is 15.9. The molecule has 0 spiro atoms. The molecular formula is C18H30NO2P. The first-order valence-electron chi connectivity index (χ1n) is 8.74. The van der Waals surface area contributed by atoms with Crippen molar-refractivity contribution in [1.29, 1.82) is 0 Å². The number of rotatable bonds is 2. The molecule has 3 nitrogen and oxygen atoms in total. The van der Waals surface area contributed by atoms with Gasteiger partial charge in [-0.2, -0.15) is 0 Å². The summed E-state index contributed by atoms with van der Waals surface area (Å²) in [6.45, 7) is 0. The summed E-state index contributed by atoms with van der Waals surface area (Å²) in [7, 11) is -3.56. The van der Waals surface area contributed by atoms with E-state index in [9.17, 15) is 9.46 Å². The molecule has 0 bridgehead atoms. The monoisotopic (exact) mass is 323 g/mol. The minimum absolute atomic E-state index is 0.504. The van der Waals surface area contributed by atoms with Gasteiger partial charge in [0.1, 0.15) is 0 Å². The topological polar surface area (TPSA) is 63.3 Å². The first-order valence-corrected chi connectivity index (χ1v) is 10.4. The van der Waals surface area contributed by atoms with Crippen molar-refractivity contribution in [2.24, 2.45) is 5.73 Å². The molecule has 1 aromatic rings. The molecule has 2 rings (SSSR count). The molecule has 1 atom stereocenters. The van der Waals surface area contributed by atoms with Gasteiger partial charge in [0.2, 0.25) is 7.37 Å². The van der Waals surface area contributed by atoms with E-state index in [0.717, 1.165) is 25.7 Å². The van der Waals surface area contributed by atoms with Crippen molar-refractivity contribution in [1.82, 2.24) is 0 Å². The molecule has 0 saturated heterocycles. The van der Waals surface area contributed by atoms with E-state index in [1.54, 1.807) is 12.1 Å². The molecule has 1 unspecified atom stereocenters. The second-order valence-electron chi connectivity index (χ2n) is 6.70. The fraction of sp³-hybridized carbons (Fsp3) is 0.667. The molecule has 22 heavy (non-hydrogen) atoms. The maximum atomic E-state index is 13.1. The van der Waals surface area contributed by atoms with Gasteiger partial charge >= 0.3 is 0 Å². The third-order valence-electron chi connectivity index (χ3n) is 4.93. The van der Waals surface area contributed by atoms with Crippen molar-refractivity contribution in [2.75, 3.05) is 0 Å². The molecule has 0 amide bonds. The van der Waals surface area contributed by atoms with E-state index in [-0.39, 0.29) is 0 Å². The summed E-state index contributed by atoms with van der Waals surface area (Å²) < 4.78 is 13.1. The number of hydrogen-bond acceptors (Lipinski definition) is 2. The van der Waals surface area contributed by atoms with Gasteiger partial charge in [-0.25, -0.2) is 0 Å². The van der Waals surface area contributed by atoms with Crippen molar-refractivity contribution in [2.45, 2.75) is 75.9 Å². The van der Waals surface area contributed by atoms with E-state index in [1.165, 1.54) is 32.1 Å². The summed E-state index contributed by atoms with van der Waals surface area (Å²) in [5.41, 5.74) is 6.54. The minimum atomic E-state index is -3.56. The third kappa shape index (κ3) is 4.44. The lowest BCUT2D eigenvalue weighted by Gasteiger charge is -2.34. The molecule has 1 aromatic carbocycles. The van der Waals surface area contributed by atoms with Crippen molar-refractivity contribution >= 4 is 12.7 Å². The Morgan fingerprint density at radius 2 is 1.23 bits per heavy atom. The standard InChI is InChI=1S/C18H30NO2P/c19-18(22(20,21)17-13-9-8-10-14-17)15-11-6-4-2-1-3-5-7-12-16-18/h8-10,13-14H,1-7,11-12,15-16,19H2,(H,20,21). The second-order valence-corrected chi connectivity index (χ2v) is 9.26. The van der Waals surface area contributed by atoms with Crippen molar-refractivity contribution in [3.05, 3.63) is 30.3 Å². The van der Waals surface area contributed by atoms with Gasteiger partial charge in [0, 0.05) is 5.30 Å². The summed E-state index contributed by atoms with van der Waals surface area (Å²) in [6, 6.07) is 8.98. The van der Waals surface area contributed by atoms with E-state index < -0.39 is 12.6 Å². The van der Waals surface area contributed by atoms with Crippen molar-refractivity contribution in [3.63, 3.8) is 0 Å². The Balaban J connectivity index is 2.16. The lowest BCUT2D eigenvalue weighted by Crippen LogP contribution is -2.42. The van der Waals surface area contributed by atoms with Gasteiger partial charge in [0.15, 0.2) is 0 Å². The van der Waals surface area contributed by atoms with Crippen LogP contribution in [0.25, 0.3) is 0 Å². The second kappa shape index (κ2) is 8.29. The third-order valence-corrected chi connectivity index (χ3v) is 7.58. The number of benzene rings is 1. The van der Waals surface area contributed by atoms with Crippen LogP contribution in [0.5, 0.6) is 0 Å². The van der Waals surface area contributed by atoms with Gasteiger partial charge in [-0.3, -0.25) is 4.57 Å². The Morgan fingerprint density at radius 3 is 1.68 bits per heavy atom. The lowest BCUT2D eigenvalue weighted by molar-refractivity contribution is 0.374. The van der Waals surface area contributed by atoms with E-state index in [0.29, 0.717) is 18.1 Å².